The van der Waals surface area contributed by atoms with Gasteiger partial charge in [0.05, 0.1) is 23.6 Å². The van der Waals surface area contributed by atoms with Gasteiger partial charge in [0.1, 0.15) is 11.6 Å². The molecule has 1 unspecified atom stereocenters. The standard InChI is InChI=1S/C22H24N4O5/c1-4-30-17-9-13(5-7-15(17)21-25-11(2)19(23)20(24)26-21)14-6-8-16(27)18(10-14)31-12(3)22(28)29/h5-10,12,27H,2,4,23-24H2,1,3H3,(H,25,26)(H,28,29). The predicted molar refractivity (Wildman–Crippen MR) is 117 cm³/mol. The van der Waals surface area contributed by atoms with Crippen molar-refractivity contribution in [2.75, 3.05) is 6.61 Å². The van der Waals surface area contributed by atoms with E-state index in [0.717, 1.165) is 5.56 Å². The molecule has 9 nitrogen and oxygen atoms in total. The molecule has 0 bridgehead atoms. The molecule has 2 aromatic carbocycles. The van der Waals surface area contributed by atoms with Crippen molar-refractivity contribution < 1.29 is 24.5 Å². The quantitative estimate of drug-likeness (QED) is 0.454. The smallest absolute Gasteiger partial charge is 0.344 e. The molecule has 1 aliphatic heterocycles. The maximum atomic E-state index is 11.1. The first-order valence-corrected chi connectivity index (χ1v) is 9.51. The van der Waals surface area contributed by atoms with Gasteiger partial charge in [-0.1, -0.05) is 18.7 Å². The van der Waals surface area contributed by atoms with Gasteiger partial charge < -0.3 is 36.5 Å². The van der Waals surface area contributed by atoms with Crippen molar-refractivity contribution in [3.63, 3.8) is 0 Å². The molecular formula is C22H24N4O5. The van der Waals surface area contributed by atoms with Gasteiger partial charge >= 0.3 is 5.97 Å². The molecule has 0 saturated heterocycles. The van der Waals surface area contributed by atoms with E-state index in [-0.39, 0.29) is 23.0 Å². The summed E-state index contributed by atoms with van der Waals surface area (Å²) < 4.78 is 11.2. The number of rotatable bonds is 7. The average molecular weight is 424 g/mol. The van der Waals surface area contributed by atoms with Crippen molar-refractivity contribution >= 4 is 11.8 Å². The highest BCUT2D eigenvalue weighted by Crippen LogP contribution is 2.35. The monoisotopic (exact) mass is 424 g/mol. The maximum Gasteiger partial charge on any atom is 0.344 e. The third-order valence-corrected chi connectivity index (χ3v) is 4.58. The Kier molecular flexibility index (Phi) is 6.05. The van der Waals surface area contributed by atoms with E-state index in [4.69, 9.17) is 26.0 Å². The predicted octanol–water partition coefficient (Wildman–Crippen LogP) is 2.26. The number of hydrogen-bond donors (Lipinski definition) is 5. The minimum atomic E-state index is -1.14. The van der Waals surface area contributed by atoms with Crippen LogP contribution in [0.5, 0.6) is 17.2 Å². The van der Waals surface area contributed by atoms with E-state index in [1.165, 1.54) is 13.0 Å². The first-order chi connectivity index (χ1) is 14.7. The molecule has 2 aromatic rings. The summed E-state index contributed by atoms with van der Waals surface area (Å²) in [5, 5.41) is 22.1. The molecule has 0 radical (unpaired) electrons. The zero-order chi connectivity index (χ0) is 22.7. The lowest BCUT2D eigenvalue weighted by Crippen LogP contribution is -2.32. The Labute approximate surface area is 179 Å². The molecule has 0 fully saturated rings. The fourth-order valence-electron chi connectivity index (χ4n) is 2.90. The summed E-state index contributed by atoms with van der Waals surface area (Å²) in [6.45, 7) is 7.50. The van der Waals surface area contributed by atoms with Gasteiger partial charge in [-0.3, -0.25) is 0 Å². The second kappa shape index (κ2) is 8.70. The molecular weight excluding hydrogens is 400 g/mol. The van der Waals surface area contributed by atoms with Crippen LogP contribution in [0.2, 0.25) is 0 Å². The Balaban J connectivity index is 2.01. The van der Waals surface area contributed by atoms with Crippen LogP contribution in [0, 0.1) is 0 Å². The van der Waals surface area contributed by atoms with Gasteiger partial charge in [-0.25, -0.2) is 9.79 Å². The molecule has 1 aliphatic rings. The normalized spacial score (nSPS) is 14.5. The molecule has 9 heteroatoms. The Morgan fingerprint density at radius 3 is 2.45 bits per heavy atom. The highest BCUT2D eigenvalue weighted by Gasteiger charge is 2.20. The van der Waals surface area contributed by atoms with E-state index in [0.29, 0.717) is 35.0 Å². The van der Waals surface area contributed by atoms with Gasteiger partial charge in [0.2, 0.25) is 0 Å². The van der Waals surface area contributed by atoms with Crippen LogP contribution in [0.15, 0.2) is 65.2 Å². The second-order valence-corrected chi connectivity index (χ2v) is 6.79. The summed E-state index contributed by atoms with van der Waals surface area (Å²) >= 11 is 0. The largest absolute Gasteiger partial charge is 0.504 e. The number of phenolic OH excluding ortho intramolecular Hbond substituents is 1. The highest BCUT2D eigenvalue weighted by molar-refractivity contribution is 6.04. The van der Waals surface area contributed by atoms with Gasteiger partial charge in [0.15, 0.2) is 23.4 Å². The second-order valence-electron chi connectivity index (χ2n) is 6.79. The molecule has 31 heavy (non-hydrogen) atoms. The number of phenols is 1. The molecule has 0 aromatic heterocycles. The van der Waals surface area contributed by atoms with Gasteiger partial charge in [0, 0.05) is 0 Å². The van der Waals surface area contributed by atoms with Crippen LogP contribution in [-0.2, 0) is 4.79 Å². The van der Waals surface area contributed by atoms with Crippen LogP contribution in [0.1, 0.15) is 19.4 Å². The highest BCUT2D eigenvalue weighted by atomic mass is 16.5. The Bertz CT molecular complexity index is 1110. The topological polar surface area (TPSA) is 152 Å². The Morgan fingerprint density at radius 2 is 1.84 bits per heavy atom. The molecule has 0 amide bonds. The van der Waals surface area contributed by atoms with Crippen molar-refractivity contribution in [1.82, 2.24) is 5.32 Å². The van der Waals surface area contributed by atoms with Crippen LogP contribution in [0.25, 0.3) is 11.1 Å². The molecule has 0 aliphatic carbocycles. The fraction of sp³-hybridized carbons (Fsp3) is 0.182. The number of carboxylic acids is 1. The number of nitrogens with two attached hydrogens (primary N) is 2. The molecule has 0 saturated carbocycles. The molecule has 3 rings (SSSR count). The summed E-state index contributed by atoms with van der Waals surface area (Å²) in [7, 11) is 0. The number of aromatic hydroxyl groups is 1. The van der Waals surface area contributed by atoms with E-state index < -0.39 is 12.1 Å². The van der Waals surface area contributed by atoms with E-state index >= 15 is 0 Å². The summed E-state index contributed by atoms with van der Waals surface area (Å²) in [5.74, 6) is -0.0595. The first kappa shape index (κ1) is 21.6. The number of nitrogens with zero attached hydrogens (tertiary/aromatic N) is 1. The van der Waals surface area contributed by atoms with Crippen LogP contribution in [0.4, 0.5) is 0 Å². The third kappa shape index (κ3) is 4.55. The average Bonchev–Trinajstić information content (AvgIpc) is 2.73. The van der Waals surface area contributed by atoms with Crippen molar-refractivity contribution in [1.29, 1.82) is 0 Å². The van der Waals surface area contributed by atoms with Gasteiger partial charge in [-0.15, -0.1) is 0 Å². The van der Waals surface area contributed by atoms with Crippen LogP contribution < -0.4 is 26.3 Å². The number of carbonyl (C=O) groups is 1. The molecule has 1 heterocycles. The molecule has 1 atom stereocenters. The number of amidine groups is 1. The lowest BCUT2D eigenvalue weighted by Gasteiger charge is -2.21. The number of nitrogens with one attached hydrogen (secondary N) is 1. The lowest BCUT2D eigenvalue weighted by molar-refractivity contribution is -0.144. The van der Waals surface area contributed by atoms with Gasteiger partial charge in [0.25, 0.3) is 0 Å². The summed E-state index contributed by atoms with van der Waals surface area (Å²) in [6, 6.07) is 10.1. The van der Waals surface area contributed by atoms with Crippen molar-refractivity contribution in [3.05, 3.63) is 65.8 Å². The van der Waals surface area contributed by atoms with E-state index in [9.17, 15) is 9.90 Å². The number of hydrogen-bond acceptors (Lipinski definition) is 8. The number of benzene rings is 2. The van der Waals surface area contributed by atoms with Gasteiger partial charge in [-0.05, 0) is 49.2 Å². The summed E-state index contributed by atoms with van der Waals surface area (Å²) in [5.41, 5.74) is 14.6. The van der Waals surface area contributed by atoms with E-state index in [2.05, 4.69) is 16.9 Å². The summed E-state index contributed by atoms with van der Waals surface area (Å²) in [6.07, 6.45) is -1.11. The Morgan fingerprint density at radius 1 is 1.19 bits per heavy atom. The molecule has 0 spiro atoms. The molecule has 7 N–H and O–H groups in total. The summed E-state index contributed by atoms with van der Waals surface area (Å²) in [4.78, 5) is 15.4. The Hall–Kier alpha value is -4.14. The zero-order valence-corrected chi connectivity index (χ0v) is 17.2. The maximum absolute atomic E-state index is 11.1. The van der Waals surface area contributed by atoms with E-state index in [1.54, 1.807) is 18.2 Å². The SMILES string of the molecule is C=C1NC(c2ccc(-c3ccc(O)c(OC(C)C(=O)O)c3)cc2OCC)=NC(N)=C1N. The number of carboxylic acid groups (broad SMARTS) is 1. The van der Waals surface area contributed by atoms with Gasteiger partial charge in [-0.2, -0.15) is 0 Å². The minimum Gasteiger partial charge on any atom is -0.504 e. The number of ether oxygens (including phenoxy) is 2. The van der Waals surface area contributed by atoms with Crippen molar-refractivity contribution in [3.8, 4) is 28.4 Å². The lowest BCUT2D eigenvalue weighted by atomic mass is 10.0. The number of aliphatic carboxylic acids is 1. The van der Waals surface area contributed by atoms with E-state index in [1.807, 2.05) is 19.1 Å². The van der Waals surface area contributed by atoms with Crippen LogP contribution >= 0.6 is 0 Å². The minimum absolute atomic E-state index is 0.0671. The molecule has 162 valence electrons. The first-order valence-electron chi connectivity index (χ1n) is 9.51. The third-order valence-electron chi connectivity index (χ3n) is 4.58. The fourth-order valence-corrected chi connectivity index (χ4v) is 2.90. The zero-order valence-electron chi connectivity index (χ0n) is 17.2. The van der Waals surface area contributed by atoms with Crippen molar-refractivity contribution in [2.45, 2.75) is 20.0 Å². The van der Waals surface area contributed by atoms with Crippen LogP contribution in [-0.4, -0.2) is 34.7 Å². The number of aliphatic imine (C=N–C) groups is 1. The van der Waals surface area contributed by atoms with Crippen molar-refractivity contribution in [2.24, 2.45) is 16.5 Å². The van der Waals surface area contributed by atoms with Crippen LogP contribution in [0.3, 0.4) is 0 Å².